The van der Waals surface area contributed by atoms with Crippen molar-refractivity contribution in [2.75, 3.05) is 7.05 Å². The molecule has 0 heterocycles. The third-order valence-corrected chi connectivity index (χ3v) is 4.72. The first kappa shape index (κ1) is 15.8. The van der Waals surface area contributed by atoms with E-state index in [4.69, 9.17) is 23.2 Å². The van der Waals surface area contributed by atoms with E-state index < -0.39 is 0 Å². The van der Waals surface area contributed by atoms with Crippen LogP contribution >= 0.6 is 39.1 Å². The predicted molar refractivity (Wildman–Crippen MR) is 86.1 cm³/mol. The standard InChI is InChI=1S/C15H13BrCl2FN/c1-20-14(11-3-2-4-13(17)15(11)18)7-9-5-6-10(19)8-12(9)16/h2-6,8,14,20H,7H2,1H3. The van der Waals surface area contributed by atoms with Crippen molar-refractivity contribution < 1.29 is 4.39 Å². The number of rotatable bonds is 4. The molecule has 0 aromatic heterocycles. The highest BCUT2D eigenvalue weighted by molar-refractivity contribution is 9.10. The fourth-order valence-electron chi connectivity index (χ4n) is 2.06. The molecule has 1 atom stereocenters. The second-order valence-electron chi connectivity index (χ2n) is 4.42. The Morgan fingerprint density at radius 1 is 1.25 bits per heavy atom. The molecule has 0 saturated carbocycles. The summed E-state index contributed by atoms with van der Waals surface area (Å²) in [5.41, 5.74) is 1.93. The first-order valence-corrected chi connectivity index (χ1v) is 7.63. The van der Waals surface area contributed by atoms with Gasteiger partial charge < -0.3 is 5.32 Å². The Morgan fingerprint density at radius 2 is 2.00 bits per heavy atom. The molecule has 0 radical (unpaired) electrons. The quantitative estimate of drug-likeness (QED) is 0.753. The second kappa shape index (κ2) is 6.90. The number of halogens is 4. The van der Waals surface area contributed by atoms with Crippen molar-refractivity contribution in [3.05, 3.63) is 67.9 Å². The van der Waals surface area contributed by atoms with Gasteiger partial charge in [-0.05, 0) is 42.8 Å². The number of hydrogen-bond donors (Lipinski definition) is 1. The summed E-state index contributed by atoms with van der Waals surface area (Å²) in [6, 6.07) is 10.2. The summed E-state index contributed by atoms with van der Waals surface area (Å²) in [7, 11) is 1.86. The smallest absolute Gasteiger partial charge is 0.124 e. The van der Waals surface area contributed by atoms with Crippen LogP contribution in [0.25, 0.3) is 0 Å². The van der Waals surface area contributed by atoms with Gasteiger partial charge in [-0.1, -0.05) is 57.3 Å². The Hall–Kier alpha value is -0.610. The zero-order chi connectivity index (χ0) is 14.7. The molecule has 0 fully saturated rings. The summed E-state index contributed by atoms with van der Waals surface area (Å²) < 4.78 is 13.9. The number of likely N-dealkylation sites (N-methyl/N-ethyl adjacent to an activating group) is 1. The molecule has 2 rings (SSSR count). The largest absolute Gasteiger partial charge is 0.313 e. The third-order valence-electron chi connectivity index (χ3n) is 3.14. The molecular formula is C15H13BrCl2FN. The van der Waals surface area contributed by atoms with Crippen LogP contribution in [0.15, 0.2) is 40.9 Å². The molecule has 1 nitrogen and oxygen atoms in total. The summed E-state index contributed by atoms with van der Waals surface area (Å²) in [6.45, 7) is 0. The molecule has 5 heteroatoms. The zero-order valence-electron chi connectivity index (χ0n) is 10.8. The van der Waals surface area contributed by atoms with E-state index >= 15 is 0 Å². The van der Waals surface area contributed by atoms with Gasteiger partial charge in [0.25, 0.3) is 0 Å². The minimum Gasteiger partial charge on any atom is -0.313 e. The fourth-order valence-corrected chi connectivity index (χ4v) is 3.02. The molecule has 106 valence electrons. The van der Waals surface area contributed by atoms with Gasteiger partial charge in [0, 0.05) is 10.5 Å². The molecule has 20 heavy (non-hydrogen) atoms. The molecule has 0 aliphatic rings. The highest BCUT2D eigenvalue weighted by Gasteiger charge is 2.16. The van der Waals surface area contributed by atoms with Crippen LogP contribution in [0.2, 0.25) is 10.0 Å². The Labute approximate surface area is 136 Å². The van der Waals surface area contributed by atoms with Crippen molar-refractivity contribution in [2.24, 2.45) is 0 Å². The summed E-state index contributed by atoms with van der Waals surface area (Å²) in [5.74, 6) is -0.262. The zero-order valence-corrected chi connectivity index (χ0v) is 13.9. The van der Waals surface area contributed by atoms with E-state index in [2.05, 4.69) is 21.2 Å². The second-order valence-corrected chi connectivity index (χ2v) is 6.06. The maximum Gasteiger partial charge on any atom is 0.124 e. The van der Waals surface area contributed by atoms with E-state index in [0.29, 0.717) is 16.5 Å². The molecule has 0 amide bonds. The summed E-state index contributed by atoms with van der Waals surface area (Å²) in [5, 5.41) is 4.30. The van der Waals surface area contributed by atoms with Gasteiger partial charge in [0.15, 0.2) is 0 Å². The molecule has 0 saturated heterocycles. The van der Waals surface area contributed by atoms with Gasteiger partial charge in [-0.25, -0.2) is 4.39 Å². The van der Waals surface area contributed by atoms with E-state index in [1.54, 1.807) is 12.1 Å². The summed E-state index contributed by atoms with van der Waals surface area (Å²) in [6.07, 6.45) is 0.678. The highest BCUT2D eigenvalue weighted by atomic mass is 79.9. The molecule has 0 aliphatic carbocycles. The third kappa shape index (κ3) is 3.53. The lowest BCUT2D eigenvalue weighted by Gasteiger charge is -2.19. The first-order valence-electron chi connectivity index (χ1n) is 6.08. The summed E-state index contributed by atoms with van der Waals surface area (Å²) in [4.78, 5) is 0. The van der Waals surface area contributed by atoms with Crippen molar-refractivity contribution in [2.45, 2.75) is 12.5 Å². The van der Waals surface area contributed by atoms with E-state index in [1.165, 1.54) is 12.1 Å². The van der Waals surface area contributed by atoms with Crippen LogP contribution in [-0.2, 0) is 6.42 Å². The lowest BCUT2D eigenvalue weighted by atomic mass is 9.99. The Bertz CT molecular complexity index is 619. The summed E-state index contributed by atoms with van der Waals surface area (Å²) >= 11 is 15.7. The van der Waals surface area contributed by atoms with E-state index in [1.807, 2.05) is 19.2 Å². The van der Waals surface area contributed by atoms with Crippen molar-refractivity contribution >= 4 is 39.1 Å². The van der Waals surface area contributed by atoms with Gasteiger partial charge >= 0.3 is 0 Å². The van der Waals surface area contributed by atoms with Crippen LogP contribution in [0.3, 0.4) is 0 Å². The van der Waals surface area contributed by atoms with Gasteiger partial charge in [-0.3, -0.25) is 0 Å². The van der Waals surface area contributed by atoms with Gasteiger partial charge in [0.05, 0.1) is 10.0 Å². The van der Waals surface area contributed by atoms with Crippen LogP contribution in [-0.4, -0.2) is 7.05 Å². The van der Waals surface area contributed by atoms with Gasteiger partial charge in [0.1, 0.15) is 5.82 Å². The SMILES string of the molecule is CNC(Cc1ccc(F)cc1Br)c1cccc(Cl)c1Cl. The van der Waals surface area contributed by atoms with Crippen LogP contribution < -0.4 is 5.32 Å². The molecular weight excluding hydrogens is 364 g/mol. The maximum absolute atomic E-state index is 13.1. The minimum absolute atomic E-state index is 0.00274. The van der Waals surface area contributed by atoms with Gasteiger partial charge in [-0.2, -0.15) is 0 Å². The topological polar surface area (TPSA) is 12.0 Å². The molecule has 2 aromatic rings. The number of hydrogen-bond acceptors (Lipinski definition) is 1. The predicted octanol–water partition coefficient (Wildman–Crippen LogP) is 5.40. The van der Waals surface area contributed by atoms with Crippen molar-refractivity contribution in [1.29, 1.82) is 0 Å². The average molecular weight is 377 g/mol. The van der Waals surface area contributed by atoms with Crippen LogP contribution in [0.5, 0.6) is 0 Å². The average Bonchev–Trinajstić information content (AvgIpc) is 2.42. The van der Waals surface area contributed by atoms with Crippen LogP contribution in [0.1, 0.15) is 17.2 Å². The Morgan fingerprint density at radius 3 is 2.65 bits per heavy atom. The molecule has 1 unspecified atom stereocenters. The Balaban J connectivity index is 2.31. The van der Waals surface area contributed by atoms with E-state index in [9.17, 15) is 4.39 Å². The molecule has 1 N–H and O–H groups in total. The minimum atomic E-state index is -0.262. The monoisotopic (exact) mass is 375 g/mol. The van der Waals surface area contributed by atoms with Crippen molar-refractivity contribution in [1.82, 2.24) is 5.32 Å². The molecule has 0 aliphatic heterocycles. The maximum atomic E-state index is 13.1. The number of benzene rings is 2. The fraction of sp³-hybridized carbons (Fsp3) is 0.200. The van der Waals surface area contributed by atoms with Crippen LogP contribution in [0.4, 0.5) is 4.39 Å². The molecule has 2 aromatic carbocycles. The lowest BCUT2D eigenvalue weighted by molar-refractivity contribution is 0.587. The highest BCUT2D eigenvalue weighted by Crippen LogP contribution is 2.32. The van der Waals surface area contributed by atoms with Gasteiger partial charge in [0.2, 0.25) is 0 Å². The Kier molecular flexibility index (Phi) is 5.44. The van der Waals surface area contributed by atoms with Crippen LogP contribution in [0, 0.1) is 5.82 Å². The van der Waals surface area contributed by atoms with Gasteiger partial charge in [-0.15, -0.1) is 0 Å². The van der Waals surface area contributed by atoms with Crippen molar-refractivity contribution in [3.8, 4) is 0 Å². The first-order chi connectivity index (χ1) is 9.52. The van der Waals surface area contributed by atoms with E-state index in [0.717, 1.165) is 15.6 Å². The lowest BCUT2D eigenvalue weighted by Crippen LogP contribution is -2.19. The number of nitrogens with one attached hydrogen (secondary N) is 1. The van der Waals surface area contributed by atoms with Crippen molar-refractivity contribution in [3.63, 3.8) is 0 Å². The van der Waals surface area contributed by atoms with E-state index in [-0.39, 0.29) is 11.9 Å². The molecule has 0 bridgehead atoms. The molecule has 0 spiro atoms. The normalized spacial score (nSPS) is 12.4.